The van der Waals surface area contributed by atoms with Crippen molar-refractivity contribution in [3.05, 3.63) is 29.3 Å². The van der Waals surface area contributed by atoms with Crippen LogP contribution in [0.3, 0.4) is 0 Å². The topological polar surface area (TPSA) is 58.1 Å². The molecule has 1 rings (SSSR count). The van der Waals surface area contributed by atoms with Crippen LogP contribution in [0.15, 0.2) is 23.2 Å². The van der Waals surface area contributed by atoms with E-state index in [2.05, 4.69) is 68.5 Å². The van der Waals surface area contributed by atoms with E-state index in [1.165, 1.54) is 5.56 Å². The lowest BCUT2D eigenvalue weighted by atomic mass is 10.1. The number of guanidine groups is 1. The van der Waals surface area contributed by atoms with Gasteiger partial charge in [-0.05, 0) is 45.9 Å². The Hall–Kier alpha value is -1.06. The molecule has 1 atom stereocenters. The van der Waals surface area contributed by atoms with Gasteiger partial charge < -0.3 is 25.0 Å². The van der Waals surface area contributed by atoms with Gasteiger partial charge in [0.2, 0.25) is 0 Å². The SMILES string of the molecule is CCNC(=NCc1ccc(C)cc1OCCOC)NCCN(C)C(C)CC.I. The van der Waals surface area contributed by atoms with Crippen molar-refractivity contribution in [1.29, 1.82) is 0 Å². The standard InChI is InChI=1S/C21H38N4O2.HI/c1-7-18(4)25(5)12-11-23-21(22-8-2)24-16-19-10-9-17(3)15-20(19)27-14-13-26-6;/h9-10,15,18H,7-8,11-14,16H2,1-6H3,(H2,22,23,24);1H. The largest absolute Gasteiger partial charge is 0.491 e. The number of nitrogens with one attached hydrogen (secondary N) is 2. The van der Waals surface area contributed by atoms with Crippen LogP contribution in [0.4, 0.5) is 0 Å². The molecule has 0 aliphatic rings. The molecule has 1 aromatic carbocycles. The molecular weight excluding hydrogens is 467 g/mol. The van der Waals surface area contributed by atoms with Gasteiger partial charge in [-0.1, -0.05) is 19.1 Å². The summed E-state index contributed by atoms with van der Waals surface area (Å²) in [7, 11) is 3.84. The molecule has 0 saturated heterocycles. The number of hydrogen-bond acceptors (Lipinski definition) is 4. The van der Waals surface area contributed by atoms with Crippen molar-refractivity contribution in [2.75, 3.05) is 47.0 Å². The Kier molecular flexibility index (Phi) is 15.2. The number of likely N-dealkylation sites (N-methyl/N-ethyl adjacent to an activating group) is 1. The molecule has 0 heterocycles. The van der Waals surface area contributed by atoms with Gasteiger partial charge in [-0.3, -0.25) is 0 Å². The minimum absolute atomic E-state index is 0. The van der Waals surface area contributed by atoms with E-state index in [9.17, 15) is 0 Å². The van der Waals surface area contributed by atoms with Crippen LogP contribution in [0.2, 0.25) is 0 Å². The van der Waals surface area contributed by atoms with Crippen LogP contribution in [-0.2, 0) is 11.3 Å². The van der Waals surface area contributed by atoms with Crippen molar-refractivity contribution in [2.24, 2.45) is 4.99 Å². The molecule has 0 amide bonds. The molecule has 0 bridgehead atoms. The van der Waals surface area contributed by atoms with Crippen molar-refractivity contribution in [3.63, 3.8) is 0 Å². The van der Waals surface area contributed by atoms with E-state index in [1.54, 1.807) is 7.11 Å². The minimum Gasteiger partial charge on any atom is -0.491 e. The van der Waals surface area contributed by atoms with E-state index in [4.69, 9.17) is 14.5 Å². The molecular formula is C21H39IN4O2. The van der Waals surface area contributed by atoms with Crippen LogP contribution in [0.5, 0.6) is 5.75 Å². The molecule has 162 valence electrons. The predicted octanol–water partition coefficient (Wildman–Crippen LogP) is 3.42. The van der Waals surface area contributed by atoms with Crippen molar-refractivity contribution < 1.29 is 9.47 Å². The molecule has 0 aliphatic carbocycles. The quantitative estimate of drug-likeness (QED) is 0.197. The molecule has 6 nitrogen and oxygen atoms in total. The summed E-state index contributed by atoms with van der Waals surface area (Å²) in [5.41, 5.74) is 2.25. The second-order valence-corrected chi connectivity index (χ2v) is 6.81. The Balaban J connectivity index is 0.00000729. The second kappa shape index (κ2) is 15.8. The van der Waals surface area contributed by atoms with Gasteiger partial charge in [0, 0.05) is 38.3 Å². The monoisotopic (exact) mass is 506 g/mol. The molecule has 1 aromatic rings. The highest BCUT2D eigenvalue weighted by atomic mass is 127. The van der Waals surface area contributed by atoms with Crippen LogP contribution in [-0.4, -0.2) is 63.9 Å². The van der Waals surface area contributed by atoms with Gasteiger partial charge in [-0.25, -0.2) is 4.99 Å². The third-order valence-electron chi connectivity index (χ3n) is 4.62. The fourth-order valence-electron chi connectivity index (χ4n) is 2.55. The van der Waals surface area contributed by atoms with Crippen molar-refractivity contribution in [2.45, 2.75) is 46.7 Å². The number of aliphatic imine (C=N–C) groups is 1. The van der Waals surface area contributed by atoms with Crippen LogP contribution in [0, 0.1) is 6.92 Å². The van der Waals surface area contributed by atoms with Gasteiger partial charge in [0.1, 0.15) is 12.4 Å². The molecule has 0 spiro atoms. The first-order valence-corrected chi connectivity index (χ1v) is 9.95. The third-order valence-corrected chi connectivity index (χ3v) is 4.62. The Bertz CT molecular complexity index is 569. The van der Waals surface area contributed by atoms with E-state index in [1.807, 2.05) is 0 Å². The number of rotatable bonds is 12. The highest BCUT2D eigenvalue weighted by Crippen LogP contribution is 2.21. The first-order valence-electron chi connectivity index (χ1n) is 9.95. The van der Waals surface area contributed by atoms with Gasteiger partial charge in [0.25, 0.3) is 0 Å². The Labute approximate surface area is 188 Å². The Morgan fingerprint density at radius 1 is 1.21 bits per heavy atom. The molecule has 28 heavy (non-hydrogen) atoms. The van der Waals surface area contributed by atoms with Crippen LogP contribution >= 0.6 is 24.0 Å². The summed E-state index contributed by atoms with van der Waals surface area (Å²) in [5.74, 6) is 1.71. The second-order valence-electron chi connectivity index (χ2n) is 6.81. The van der Waals surface area contributed by atoms with Crippen LogP contribution in [0.25, 0.3) is 0 Å². The smallest absolute Gasteiger partial charge is 0.191 e. The molecule has 0 fully saturated rings. The van der Waals surface area contributed by atoms with E-state index >= 15 is 0 Å². The first kappa shape index (κ1) is 26.9. The van der Waals surface area contributed by atoms with Crippen LogP contribution < -0.4 is 15.4 Å². The predicted molar refractivity (Wildman–Crippen MR) is 129 cm³/mol. The van der Waals surface area contributed by atoms with Crippen molar-refractivity contribution in [3.8, 4) is 5.75 Å². The Morgan fingerprint density at radius 2 is 1.96 bits per heavy atom. The number of ether oxygens (including phenoxy) is 2. The minimum atomic E-state index is 0. The Morgan fingerprint density at radius 3 is 2.61 bits per heavy atom. The van der Waals surface area contributed by atoms with E-state index in [-0.39, 0.29) is 24.0 Å². The molecule has 2 N–H and O–H groups in total. The average molecular weight is 506 g/mol. The van der Waals surface area contributed by atoms with E-state index in [0.29, 0.717) is 25.8 Å². The average Bonchev–Trinajstić information content (AvgIpc) is 2.66. The van der Waals surface area contributed by atoms with Crippen LogP contribution in [0.1, 0.15) is 38.3 Å². The van der Waals surface area contributed by atoms with Gasteiger partial charge >= 0.3 is 0 Å². The van der Waals surface area contributed by atoms with Gasteiger partial charge in [-0.15, -0.1) is 24.0 Å². The number of halogens is 1. The summed E-state index contributed by atoms with van der Waals surface area (Å²) in [6, 6.07) is 6.82. The van der Waals surface area contributed by atoms with Crippen molar-refractivity contribution >= 4 is 29.9 Å². The summed E-state index contributed by atoms with van der Waals surface area (Å²) >= 11 is 0. The number of methoxy groups -OCH3 is 1. The first-order chi connectivity index (χ1) is 13.0. The summed E-state index contributed by atoms with van der Waals surface area (Å²) in [5, 5.41) is 6.73. The lowest BCUT2D eigenvalue weighted by Crippen LogP contribution is -2.42. The lowest BCUT2D eigenvalue weighted by Gasteiger charge is -2.24. The fourth-order valence-corrected chi connectivity index (χ4v) is 2.55. The van der Waals surface area contributed by atoms with Crippen molar-refractivity contribution in [1.82, 2.24) is 15.5 Å². The lowest BCUT2D eigenvalue weighted by molar-refractivity contribution is 0.145. The number of benzene rings is 1. The van der Waals surface area contributed by atoms with Gasteiger partial charge in [0.05, 0.1) is 13.2 Å². The van der Waals surface area contributed by atoms with E-state index < -0.39 is 0 Å². The summed E-state index contributed by atoms with van der Waals surface area (Å²) in [6.07, 6.45) is 1.16. The number of nitrogens with zero attached hydrogens (tertiary/aromatic N) is 2. The summed E-state index contributed by atoms with van der Waals surface area (Å²) in [4.78, 5) is 7.09. The zero-order valence-electron chi connectivity index (χ0n) is 18.4. The maximum Gasteiger partial charge on any atom is 0.191 e. The molecule has 0 aromatic heterocycles. The molecule has 1 unspecified atom stereocenters. The van der Waals surface area contributed by atoms with E-state index in [0.717, 1.165) is 43.3 Å². The number of aryl methyl sites for hydroxylation is 1. The zero-order valence-corrected chi connectivity index (χ0v) is 20.7. The summed E-state index contributed by atoms with van der Waals surface area (Å²) < 4.78 is 10.9. The van der Waals surface area contributed by atoms with Gasteiger partial charge in [-0.2, -0.15) is 0 Å². The summed E-state index contributed by atoms with van der Waals surface area (Å²) in [6.45, 7) is 13.0. The number of hydrogen-bond donors (Lipinski definition) is 2. The molecule has 7 heteroatoms. The zero-order chi connectivity index (χ0) is 20.1. The highest BCUT2D eigenvalue weighted by molar-refractivity contribution is 14.0. The fraction of sp³-hybridized carbons (Fsp3) is 0.667. The maximum absolute atomic E-state index is 5.86. The molecule has 0 saturated carbocycles. The third kappa shape index (κ3) is 10.5. The normalized spacial score (nSPS) is 12.5. The van der Waals surface area contributed by atoms with Gasteiger partial charge in [0.15, 0.2) is 5.96 Å². The molecule has 0 aliphatic heterocycles. The molecule has 0 radical (unpaired) electrons. The highest BCUT2D eigenvalue weighted by Gasteiger charge is 2.07. The maximum atomic E-state index is 5.86.